The van der Waals surface area contributed by atoms with Crippen molar-refractivity contribution in [1.82, 2.24) is 4.98 Å². The summed E-state index contributed by atoms with van der Waals surface area (Å²) in [6.07, 6.45) is 0.921. The van der Waals surface area contributed by atoms with Crippen LogP contribution in [0.25, 0.3) is 22.2 Å². The summed E-state index contributed by atoms with van der Waals surface area (Å²) in [5.74, 6) is 0.834. The number of rotatable bonds is 4. The fourth-order valence-corrected chi connectivity index (χ4v) is 2.62. The average Bonchev–Trinajstić information content (AvgIpc) is 2.88. The third-order valence-corrected chi connectivity index (χ3v) is 3.65. The van der Waals surface area contributed by atoms with Crippen molar-refractivity contribution >= 4 is 17.2 Å². The number of carbonyl (C=O) groups is 1. The van der Waals surface area contributed by atoms with Crippen LogP contribution in [0.15, 0.2) is 42.5 Å². The average molecular weight is 279 g/mol. The van der Waals surface area contributed by atoms with E-state index in [1.807, 2.05) is 56.3 Å². The number of aromatic nitrogens is 1. The third-order valence-electron chi connectivity index (χ3n) is 3.65. The first-order valence-electron chi connectivity index (χ1n) is 7.04. The lowest BCUT2D eigenvalue weighted by molar-refractivity contribution is 0.112. The van der Waals surface area contributed by atoms with Crippen LogP contribution in [-0.2, 0) is 0 Å². The van der Waals surface area contributed by atoms with Crippen LogP contribution in [0.2, 0.25) is 0 Å². The molecular weight excluding hydrogens is 262 g/mol. The van der Waals surface area contributed by atoms with E-state index in [9.17, 15) is 4.79 Å². The zero-order valence-corrected chi connectivity index (χ0v) is 12.1. The first-order chi connectivity index (χ1) is 10.2. The molecule has 3 aromatic rings. The number of carbonyl (C=O) groups excluding carboxylic acids is 1. The first kappa shape index (κ1) is 13.4. The van der Waals surface area contributed by atoms with Crippen molar-refractivity contribution < 1.29 is 9.53 Å². The fraction of sp³-hybridized carbons (Fsp3) is 0.167. The largest absolute Gasteiger partial charge is 0.494 e. The maximum Gasteiger partial charge on any atom is 0.152 e. The minimum Gasteiger partial charge on any atom is -0.494 e. The quantitative estimate of drug-likeness (QED) is 0.721. The minimum absolute atomic E-state index is 0.643. The van der Waals surface area contributed by atoms with Crippen LogP contribution in [0.5, 0.6) is 5.75 Å². The van der Waals surface area contributed by atoms with Gasteiger partial charge >= 0.3 is 0 Å². The number of ether oxygens (including phenoxy) is 1. The molecule has 0 fully saturated rings. The summed E-state index contributed by atoms with van der Waals surface area (Å²) in [6.45, 7) is 4.64. The van der Waals surface area contributed by atoms with Gasteiger partial charge in [0.2, 0.25) is 0 Å². The third kappa shape index (κ3) is 2.31. The van der Waals surface area contributed by atoms with Gasteiger partial charge in [-0.1, -0.05) is 18.2 Å². The maximum absolute atomic E-state index is 11.5. The highest BCUT2D eigenvalue weighted by Crippen LogP contribution is 2.31. The predicted molar refractivity (Wildman–Crippen MR) is 85.0 cm³/mol. The molecule has 0 saturated carbocycles. The van der Waals surface area contributed by atoms with E-state index in [1.54, 1.807) is 0 Å². The van der Waals surface area contributed by atoms with Crippen molar-refractivity contribution in [2.45, 2.75) is 13.8 Å². The Bertz CT molecular complexity index is 785. The molecule has 0 unspecified atom stereocenters. The summed E-state index contributed by atoms with van der Waals surface area (Å²) in [5, 5.41) is 0.967. The Balaban J connectivity index is 2.15. The molecule has 0 bridgehead atoms. The highest BCUT2D eigenvalue weighted by Gasteiger charge is 2.13. The van der Waals surface area contributed by atoms with E-state index < -0.39 is 0 Å². The molecule has 2 aromatic carbocycles. The van der Waals surface area contributed by atoms with Crippen LogP contribution < -0.4 is 4.74 Å². The second-order valence-corrected chi connectivity index (χ2v) is 4.99. The van der Waals surface area contributed by atoms with Gasteiger partial charge in [-0.05, 0) is 49.2 Å². The number of aldehydes is 1. The molecule has 3 rings (SSSR count). The molecule has 1 aromatic heterocycles. The highest BCUT2D eigenvalue weighted by atomic mass is 16.5. The second-order valence-electron chi connectivity index (χ2n) is 4.99. The number of aryl methyl sites for hydroxylation is 1. The number of fused-ring (bicyclic) bond motifs is 1. The second kappa shape index (κ2) is 5.44. The lowest BCUT2D eigenvalue weighted by atomic mass is 10.1. The van der Waals surface area contributed by atoms with Gasteiger partial charge in [0, 0.05) is 16.5 Å². The fourth-order valence-electron chi connectivity index (χ4n) is 2.62. The zero-order valence-electron chi connectivity index (χ0n) is 12.1. The number of H-pyrrole nitrogens is 1. The van der Waals surface area contributed by atoms with Crippen molar-refractivity contribution in [2.75, 3.05) is 6.61 Å². The van der Waals surface area contributed by atoms with Crippen LogP contribution in [0, 0.1) is 6.92 Å². The summed E-state index contributed by atoms with van der Waals surface area (Å²) in [6, 6.07) is 13.8. The Morgan fingerprint density at radius 3 is 2.57 bits per heavy atom. The van der Waals surface area contributed by atoms with Gasteiger partial charge in [0.05, 0.1) is 12.3 Å². The van der Waals surface area contributed by atoms with Crippen LogP contribution in [0.4, 0.5) is 0 Å². The van der Waals surface area contributed by atoms with Gasteiger partial charge in [0.25, 0.3) is 0 Å². The van der Waals surface area contributed by atoms with Gasteiger partial charge in [-0.15, -0.1) is 0 Å². The highest BCUT2D eigenvalue weighted by molar-refractivity contribution is 6.05. The van der Waals surface area contributed by atoms with Crippen LogP contribution in [0.3, 0.4) is 0 Å². The minimum atomic E-state index is 0.643. The van der Waals surface area contributed by atoms with Crippen molar-refractivity contribution in [3.05, 3.63) is 53.6 Å². The van der Waals surface area contributed by atoms with Gasteiger partial charge in [0.1, 0.15) is 5.75 Å². The van der Waals surface area contributed by atoms with E-state index in [1.165, 1.54) is 0 Å². The molecule has 3 heteroatoms. The molecule has 106 valence electrons. The molecule has 1 heterocycles. The summed E-state index contributed by atoms with van der Waals surface area (Å²) < 4.78 is 5.45. The lowest BCUT2D eigenvalue weighted by Crippen LogP contribution is -1.91. The Kier molecular flexibility index (Phi) is 3.48. The Morgan fingerprint density at radius 1 is 1.14 bits per heavy atom. The molecule has 0 spiro atoms. The number of nitrogens with one attached hydrogen (secondary N) is 1. The van der Waals surface area contributed by atoms with Gasteiger partial charge in [-0.2, -0.15) is 0 Å². The SMILES string of the molecule is CCOc1ccc(-c2[nH]c3c(C)cccc3c2C=O)cc1. The topological polar surface area (TPSA) is 42.1 Å². The zero-order chi connectivity index (χ0) is 14.8. The molecule has 0 aliphatic heterocycles. The number of benzene rings is 2. The van der Waals surface area contributed by atoms with E-state index in [2.05, 4.69) is 4.98 Å². The van der Waals surface area contributed by atoms with Gasteiger partial charge in [-0.3, -0.25) is 4.79 Å². The molecule has 1 N–H and O–H groups in total. The van der Waals surface area contributed by atoms with Gasteiger partial charge in [-0.25, -0.2) is 0 Å². The van der Waals surface area contributed by atoms with Crippen molar-refractivity contribution in [3.8, 4) is 17.0 Å². The van der Waals surface area contributed by atoms with Crippen molar-refractivity contribution in [2.24, 2.45) is 0 Å². The summed E-state index contributed by atoms with van der Waals surface area (Å²) in [7, 11) is 0. The Hall–Kier alpha value is -2.55. The molecule has 0 radical (unpaired) electrons. The summed E-state index contributed by atoms with van der Waals surface area (Å²) in [4.78, 5) is 14.9. The predicted octanol–water partition coefficient (Wildman–Crippen LogP) is 4.35. The van der Waals surface area contributed by atoms with Crippen LogP contribution in [0.1, 0.15) is 22.8 Å². The van der Waals surface area contributed by atoms with Crippen molar-refractivity contribution in [1.29, 1.82) is 0 Å². The number of aromatic amines is 1. The van der Waals surface area contributed by atoms with E-state index >= 15 is 0 Å². The number of hydrogen-bond donors (Lipinski definition) is 1. The maximum atomic E-state index is 11.5. The van der Waals surface area contributed by atoms with Gasteiger partial charge < -0.3 is 9.72 Å². The van der Waals surface area contributed by atoms with E-state index in [-0.39, 0.29) is 0 Å². The Labute approximate surface area is 123 Å². The van der Waals surface area contributed by atoms with E-state index in [0.717, 1.165) is 39.8 Å². The van der Waals surface area contributed by atoms with Crippen LogP contribution in [-0.4, -0.2) is 17.9 Å². The number of hydrogen-bond acceptors (Lipinski definition) is 2. The van der Waals surface area contributed by atoms with Crippen LogP contribution >= 0.6 is 0 Å². The molecule has 0 aliphatic rings. The monoisotopic (exact) mass is 279 g/mol. The molecule has 0 saturated heterocycles. The molecule has 0 amide bonds. The summed E-state index contributed by atoms with van der Waals surface area (Å²) >= 11 is 0. The molecule has 0 aliphatic carbocycles. The molecule has 3 nitrogen and oxygen atoms in total. The standard InChI is InChI=1S/C18H17NO2/c1-3-21-14-9-7-13(8-10-14)18-16(11-20)15-6-4-5-12(2)17(15)19-18/h4-11,19H,3H2,1-2H3. The lowest BCUT2D eigenvalue weighted by Gasteiger charge is -2.04. The number of para-hydroxylation sites is 1. The van der Waals surface area contributed by atoms with E-state index in [0.29, 0.717) is 12.2 Å². The summed E-state index contributed by atoms with van der Waals surface area (Å²) in [5.41, 5.74) is 4.70. The van der Waals surface area contributed by atoms with Crippen molar-refractivity contribution in [3.63, 3.8) is 0 Å². The first-order valence-corrected chi connectivity index (χ1v) is 7.04. The van der Waals surface area contributed by atoms with Gasteiger partial charge in [0.15, 0.2) is 6.29 Å². The van der Waals surface area contributed by atoms with E-state index in [4.69, 9.17) is 4.74 Å². The normalized spacial score (nSPS) is 10.8. The Morgan fingerprint density at radius 2 is 1.90 bits per heavy atom. The molecule has 0 atom stereocenters. The smallest absolute Gasteiger partial charge is 0.152 e. The molecular formula is C18H17NO2. The molecule has 21 heavy (non-hydrogen) atoms.